The molecule has 0 aliphatic carbocycles. The number of nitro benzene ring substituents is 1. The van der Waals surface area contributed by atoms with Crippen LogP contribution in [-0.4, -0.2) is 10.8 Å². The number of non-ortho nitro benzene ring substituents is 1. The van der Waals surface area contributed by atoms with Gasteiger partial charge in [0.15, 0.2) is 0 Å². The molecule has 26 heavy (non-hydrogen) atoms. The Morgan fingerprint density at radius 1 is 1.35 bits per heavy atom. The van der Waals surface area contributed by atoms with Gasteiger partial charge < -0.3 is 10.6 Å². The summed E-state index contributed by atoms with van der Waals surface area (Å²) in [6.07, 6.45) is 1.30. The van der Waals surface area contributed by atoms with Gasteiger partial charge in [-0.2, -0.15) is 5.26 Å². The first kappa shape index (κ1) is 19.0. The first-order chi connectivity index (χ1) is 12.4. The van der Waals surface area contributed by atoms with Crippen molar-refractivity contribution in [1.82, 2.24) is 5.32 Å². The number of hydrogen-bond acceptors (Lipinski definition) is 5. The van der Waals surface area contributed by atoms with Crippen LogP contribution in [0.4, 0.5) is 11.4 Å². The maximum absolute atomic E-state index is 12.2. The third-order valence-electron chi connectivity index (χ3n) is 3.57. The van der Waals surface area contributed by atoms with Gasteiger partial charge in [0.25, 0.3) is 11.6 Å². The highest BCUT2D eigenvalue weighted by Gasteiger charge is 2.14. The zero-order chi connectivity index (χ0) is 19.1. The summed E-state index contributed by atoms with van der Waals surface area (Å²) in [5.41, 5.74) is 1.78. The van der Waals surface area contributed by atoms with E-state index in [1.165, 1.54) is 18.3 Å². The van der Waals surface area contributed by atoms with Gasteiger partial charge in [-0.25, -0.2) is 0 Å². The number of carbonyl (C=O) groups excluding carboxylic acids is 1. The van der Waals surface area contributed by atoms with E-state index in [1.54, 1.807) is 6.07 Å². The number of benzene rings is 2. The van der Waals surface area contributed by atoms with Gasteiger partial charge >= 0.3 is 0 Å². The van der Waals surface area contributed by atoms with Gasteiger partial charge in [-0.3, -0.25) is 14.9 Å². The Morgan fingerprint density at radius 3 is 2.73 bits per heavy atom. The number of hydrogen-bond donors (Lipinski definition) is 2. The predicted molar refractivity (Wildman–Crippen MR) is 98.5 cm³/mol. The fourth-order valence-corrected chi connectivity index (χ4v) is 2.30. The Kier molecular flexibility index (Phi) is 6.31. The Morgan fingerprint density at radius 2 is 2.08 bits per heavy atom. The quantitative estimate of drug-likeness (QED) is 0.349. The van der Waals surface area contributed by atoms with Crippen LogP contribution in [0.25, 0.3) is 0 Å². The van der Waals surface area contributed by atoms with Crippen molar-refractivity contribution in [3.8, 4) is 6.07 Å². The molecule has 132 valence electrons. The Balaban J connectivity index is 2.09. The summed E-state index contributed by atoms with van der Waals surface area (Å²) in [6.45, 7) is 2.41. The van der Waals surface area contributed by atoms with Gasteiger partial charge in [0.2, 0.25) is 0 Å². The highest BCUT2D eigenvalue weighted by molar-refractivity contribution is 6.34. The lowest BCUT2D eigenvalue weighted by atomic mass is 10.1. The molecule has 1 amide bonds. The molecule has 0 unspecified atom stereocenters. The lowest BCUT2D eigenvalue weighted by Crippen LogP contribution is -2.17. The summed E-state index contributed by atoms with van der Waals surface area (Å²) in [5.74, 6) is -0.716. The standard InChI is InChI=1S/C18H15ClN4O3/c1-12-4-2-3-5-13(12)10-21-11-14(9-20)18(24)22-17-8-15(23(25)26)6-7-16(17)19/h2-8,11,21H,10H2,1H3,(H,22,24)/b14-11-. The molecule has 2 aromatic carbocycles. The number of nitrogens with zero attached hydrogens (tertiary/aromatic N) is 2. The molecule has 0 fully saturated rings. The molecule has 8 heteroatoms. The summed E-state index contributed by atoms with van der Waals surface area (Å²) in [7, 11) is 0. The summed E-state index contributed by atoms with van der Waals surface area (Å²) in [4.78, 5) is 22.4. The van der Waals surface area contributed by atoms with E-state index in [2.05, 4.69) is 10.6 Å². The predicted octanol–water partition coefficient (Wildman–Crippen LogP) is 3.69. The highest BCUT2D eigenvalue weighted by atomic mass is 35.5. The maximum Gasteiger partial charge on any atom is 0.271 e. The highest BCUT2D eigenvalue weighted by Crippen LogP contribution is 2.27. The fraction of sp³-hybridized carbons (Fsp3) is 0.111. The Labute approximate surface area is 155 Å². The lowest BCUT2D eigenvalue weighted by Gasteiger charge is -2.08. The molecule has 0 aliphatic heterocycles. The van der Waals surface area contributed by atoms with Gasteiger partial charge in [-0.1, -0.05) is 35.9 Å². The number of amides is 1. The number of nitrogens with one attached hydrogen (secondary N) is 2. The first-order valence-corrected chi connectivity index (χ1v) is 7.93. The Hall–Kier alpha value is -3.37. The fourth-order valence-electron chi connectivity index (χ4n) is 2.13. The molecular formula is C18H15ClN4O3. The molecular weight excluding hydrogens is 356 g/mol. The number of rotatable bonds is 6. The number of halogens is 1. The van der Waals surface area contributed by atoms with E-state index in [1.807, 2.05) is 31.2 Å². The monoisotopic (exact) mass is 370 g/mol. The van der Waals surface area contributed by atoms with Crippen molar-refractivity contribution >= 4 is 28.9 Å². The maximum atomic E-state index is 12.2. The molecule has 0 heterocycles. The minimum absolute atomic E-state index is 0.0610. The number of nitriles is 1. The Bertz CT molecular complexity index is 919. The lowest BCUT2D eigenvalue weighted by molar-refractivity contribution is -0.384. The second kappa shape index (κ2) is 8.65. The van der Waals surface area contributed by atoms with Gasteiger partial charge in [-0.05, 0) is 24.1 Å². The van der Waals surface area contributed by atoms with Crippen molar-refractivity contribution in [2.45, 2.75) is 13.5 Å². The van der Waals surface area contributed by atoms with Crippen molar-refractivity contribution < 1.29 is 9.72 Å². The minimum atomic E-state index is -0.716. The van der Waals surface area contributed by atoms with Gasteiger partial charge in [0.1, 0.15) is 11.6 Å². The molecule has 0 aliphatic rings. The summed E-state index contributed by atoms with van der Waals surface area (Å²) in [6, 6.07) is 13.2. The van der Waals surface area contributed by atoms with Crippen LogP contribution in [-0.2, 0) is 11.3 Å². The smallest absolute Gasteiger partial charge is 0.271 e. The number of carbonyl (C=O) groups is 1. The second-order valence-corrected chi connectivity index (χ2v) is 5.76. The summed E-state index contributed by atoms with van der Waals surface area (Å²) in [5, 5.41) is 25.5. The molecule has 2 rings (SSSR count). The van der Waals surface area contributed by atoms with E-state index in [4.69, 9.17) is 11.6 Å². The minimum Gasteiger partial charge on any atom is -0.386 e. The molecule has 0 bridgehead atoms. The summed E-state index contributed by atoms with van der Waals surface area (Å²) >= 11 is 5.94. The molecule has 0 radical (unpaired) electrons. The van der Waals surface area contributed by atoms with Crippen LogP contribution in [0.3, 0.4) is 0 Å². The largest absolute Gasteiger partial charge is 0.386 e. The van der Waals surface area contributed by atoms with Crippen molar-refractivity contribution in [3.63, 3.8) is 0 Å². The third kappa shape index (κ3) is 4.82. The molecule has 0 saturated heterocycles. The average Bonchev–Trinajstić information content (AvgIpc) is 2.61. The number of nitro groups is 1. The molecule has 0 spiro atoms. The van der Waals surface area contributed by atoms with Crippen molar-refractivity contribution in [2.24, 2.45) is 0 Å². The number of aryl methyl sites for hydroxylation is 1. The van der Waals surface area contributed by atoms with E-state index in [-0.39, 0.29) is 22.0 Å². The molecule has 0 atom stereocenters. The van der Waals surface area contributed by atoms with Crippen LogP contribution in [0.5, 0.6) is 0 Å². The van der Waals surface area contributed by atoms with Crippen molar-refractivity contribution in [2.75, 3.05) is 5.32 Å². The zero-order valence-electron chi connectivity index (χ0n) is 13.8. The van der Waals surface area contributed by atoms with Crippen molar-refractivity contribution in [1.29, 1.82) is 5.26 Å². The van der Waals surface area contributed by atoms with E-state index in [0.717, 1.165) is 17.2 Å². The summed E-state index contributed by atoms with van der Waals surface area (Å²) < 4.78 is 0. The van der Waals surface area contributed by atoms with E-state index < -0.39 is 10.8 Å². The van der Waals surface area contributed by atoms with E-state index in [0.29, 0.717) is 6.54 Å². The van der Waals surface area contributed by atoms with E-state index >= 15 is 0 Å². The number of anilines is 1. The molecule has 2 aromatic rings. The zero-order valence-corrected chi connectivity index (χ0v) is 14.6. The third-order valence-corrected chi connectivity index (χ3v) is 3.90. The molecule has 7 nitrogen and oxygen atoms in total. The van der Waals surface area contributed by atoms with Crippen LogP contribution in [0.1, 0.15) is 11.1 Å². The second-order valence-electron chi connectivity index (χ2n) is 5.35. The van der Waals surface area contributed by atoms with Crippen molar-refractivity contribution in [3.05, 3.63) is 80.5 Å². The van der Waals surface area contributed by atoms with Gasteiger partial charge in [-0.15, -0.1) is 0 Å². The van der Waals surface area contributed by atoms with Crippen LogP contribution >= 0.6 is 11.6 Å². The van der Waals surface area contributed by atoms with Crippen LogP contribution < -0.4 is 10.6 Å². The van der Waals surface area contributed by atoms with Gasteiger partial charge in [0.05, 0.1) is 15.6 Å². The van der Waals surface area contributed by atoms with Gasteiger partial charge in [0, 0.05) is 24.9 Å². The first-order valence-electron chi connectivity index (χ1n) is 7.56. The molecule has 0 saturated carbocycles. The normalized spacial score (nSPS) is 10.7. The van der Waals surface area contributed by atoms with Crippen LogP contribution in [0.15, 0.2) is 54.2 Å². The SMILES string of the molecule is Cc1ccccc1CN/C=C(/C#N)C(=O)Nc1cc([N+](=O)[O-])ccc1Cl. The van der Waals surface area contributed by atoms with E-state index in [9.17, 15) is 20.2 Å². The molecule has 2 N–H and O–H groups in total. The average molecular weight is 371 g/mol. The topological polar surface area (TPSA) is 108 Å². The van der Waals surface area contributed by atoms with Crippen LogP contribution in [0, 0.1) is 28.4 Å². The van der Waals surface area contributed by atoms with Crippen LogP contribution in [0.2, 0.25) is 5.02 Å². The molecule has 0 aromatic heterocycles.